The lowest BCUT2D eigenvalue weighted by Crippen LogP contribution is -2.48. The molecule has 0 bridgehead atoms. The van der Waals surface area contributed by atoms with Gasteiger partial charge in [-0.15, -0.1) is 0 Å². The first-order valence-electron chi connectivity index (χ1n) is 6.86. The van der Waals surface area contributed by atoms with E-state index in [4.69, 9.17) is 9.47 Å². The van der Waals surface area contributed by atoms with Gasteiger partial charge in [-0.2, -0.15) is 0 Å². The highest BCUT2D eigenvalue weighted by Crippen LogP contribution is 2.01. The van der Waals surface area contributed by atoms with Gasteiger partial charge in [0, 0.05) is 45.9 Å². The van der Waals surface area contributed by atoms with Crippen LogP contribution in [-0.2, 0) is 9.47 Å². The van der Waals surface area contributed by atoms with Crippen LogP contribution in [0.3, 0.4) is 0 Å². The average Bonchev–Trinajstić information content (AvgIpc) is 2.31. The van der Waals surface area contributed by atoms with Crippen molar-refractivity contribution in [3.05, 3.63) is 0 Å². The highest BCUT2D eigenvalue weighted by atomic mass is 16.5. The zero-order chi connectivity index (χ0) is 12.5. The molecule has 0 aromatic heterocycles. The molecule has 0 amide bonds. The molecule has 0 radical (unpaired) electrons. The molecule has 0 unspecified atom stereocenters. The van der Waals surface area contributed by atoms with Crippen LogP contribution in [0, 0.1) is 0 Å². The predicted molar refractivity (Wildman–Crippen MR) is 77.2 cm³/mol. The zero-order valence-corrected chi connectivity index (χ0v) is 11.7. The zero-order valence-electron chi connectivity index (χ0n) is 11.7. The Labute approximate surface area is 113 Å². The molecule has 0 aliphatic carbocycles. The fourth-order valence-corrected chi connectivity index (χ4v) is 1.99. The normalized spacial score (nSPS) is 18.0. The van der Waals surface area contributed by atoms with Crippen LogP contribution in [0.15, 0.2) is 0 Å². The van der Waals surface area contributed by atoms with Gasteiger partial charge in [0.15, 0.2) is 0 Å². The predicted octanol–water partition coefficient (Wildman–Crippen LogP) is 1.70. The summed E-state index contributed by atoms with van der Waals surface area (Å²) in [6, 6.07) is 0. The Morgan fingerprint density at radius 3 is 1.89 bits per heavy atom. The van der Waals surface area contributed by atoms with Gasteiger partial charge < -0.3 is 9.47 Å². The second kappa shape index (κ2) is 10.7. The van der Waals surface area contributed by atoms with Crippen LogP contribution < -0.4 is 0 Å². The maximum atomic E-state index is 5.58. The van der Waals surface area contributed by atoms with Gasteiger partial charge in [-0.1, -0.05) is 7.43 Å². The van der Waals surface area contributed by atoms with Gasteiger partial charge in [-0.25, -0.2) is 0 Å². The van der Waals surface area contributed by atoms with Crippen molar-refractivity contribution in [1.82, 2.24) is 9.80 Å². The summed E-state index contributed by atoms with van der Waals surface area (Å²) < 4.78 is 11.0. The lowest BCUT2D eigenvalue weighted by atomic mass is 10.3. The Morgan fingerprint density at radius 2 is 1.44 bits per heavy atom. The number of hydrogen-bond donors (Lipinski definition) is 0. The summed E-state index contributed by atoms with van der Waals surface area (Å²) in [4.78, 5) is 4.97. The van der Waals surface area contributed by atoms with Crippen LogP contribution >= 0.6 is 0 Å². The molecule has 1 fully saturated rings. The molecule has 1 aliphatic rings. The molecule has 4 nitrogen and oxygen atoms in total. The average molecular weight is 260 g/mol. The fourth-order valence-electron chi connectivity index (χ4n) is 1.99. The van der Waals surface area contributed by atoms with Crippen molar-refractivity contribution >= 4 is 0 Å². The van der Waals surface area contributed by atoms with Crippen LogP contribution in [0.2, 0.25) is 0 Å². The van der Waals surface area contributed by atoms with Gasteiger partial charge in [0.05, 0.1) is 19.3 Å². The van der Waals surface area contributed by atoms with Gasteiger partial charge in [0.2, 0.25) is 0 Å². The molecule has 4 heteroatoms. The topological polar surface area (TPSA) is 24.9 Å². The van der Waals surface area contributed by atoms with E-state index < -0.39 is 0 Å². The van der Waals surface area contributed by atoms with E-state index in [2.05, 4.69) is 23.6 Å². The van der Waals surface area contributed by atoms with Crippen molar-refractivity contribution in [2.75, 3.05) is 59.1 Å². The monoisotopic (exact) mass is 260 g/mol. The number of piperazine rings is 1. The van der Waals surface area contributed by atoms with Gasteiger partial charge in [0.1, 0.15) is 0 Å². The Morgan fingerprint density at radius 1 is 0.944 bits per heavy atom. The molecule has 110 valence electrons. The van der Waals surface area contributed by atoms with Gasteiger partial charge >= 0.3 is 0 Å². The minimum atomic E-state index is 0. The maximum absolute atomic E-state index is 5.58. The summed E-state index contributed by atoms with van der Waals surface area (Å²) in [7, 11) is 0. The third-order valence-electron chi connectivity index (χ3n) is 3.08. The number of rotatable bonds is 8. The lowest BCUT2D eigenvalue weighted by Gasteiger charge is -2.34. The first-order valence-corrected chi connectivity index (χ1v) is 6.86. The van der Waals surface area contributed by atoms with Crippen molar-refractivity contribution in [3.8, 4) is 0 Å². The van der Waals surface area contributed by atoms with E-state index in [-0.39, 0.29) is 7.43 Å². The van der Waals surface area contributed by atoms with E-state index in [1.54, 1.807) is 0 Å². The molecule has 0 N–H and O–H groups in total. The highest BCUT2D eigenvalue weighted by Gasteiger charge is 2.15. The van der Waals surface area contributed by atoms with Gasteiger partial charge in [-0.05, 0) is 20.8 Å². The van der Waals surface area contributed by atoms with E-state index in [1.165, 1.54) is 0 Å². The maximum Gasteiger partial charge on any atom is 0.0596 e. The fraction of sp³-hybridized carbons (Fsp3) is 1.00. The molecule has 1 aliphatic heterocycles. The molecule has 0 aromatic carbocycles. The van der Waals surface area contributed by atoms with E-state index in [9.17, 15) is 0 Å². The lowest BCUT2D eigenvalue weighted by molar-refractivity contribution is 0.0385. The summed E-state index contributed by atoms with van der Waals surface area (Å²) >= 11 is 0. The first-order chi connectivity index (χ1) is 8.22. The highest BCUT2D eigenvalue weighted by molar-refractivity contribution is 4.71. The quantitative estimate of drug-likeness (QED) is 0.620. The SMILES string of the molecule is C.CCOCCN1CCN(CCOC(C)C)CC1. The molecule has 18 heavy (non-hydrogen) atoms. The Kier molecular flexibility index (Phi) is 10.6. The molecule has 1 heterocycles. The molecular weight excluding hydrogens is 228 g/mol. The van der Waals surface area contributed by atoms with Crippen molar-refractivity contribution < 1.29 is 9.47 Å². The third kappa shape index (κ3) is 8.03. The molecule has 0 saturated carbocycles. The van der Waals surface area contributed by atoms with Crippen molar-refractivity contribution in [2.45, 2.75) is 34.3 Å². The van der Waals surface area contributed by atoms with Crippen molar-refractivity contribution in [2.24, 2.45) is 0 Å². The molecular formula is C14H32N2O2. The smallest absolute Gasteiger partial charge is 0.0596 e. The standard InChI is InChI=1S/C13H28N2O2.CH4/c1-4-16-11-9-14-5-7-15(8-6-14)10-12-17-13(2)3;/h13H,4-12H2,1-3H3;1H4. The summed E-state index contributed by atoms with van der Waals surface area (Å²) in [6.45, 7) is 15.6. The Hall–Kier alpha value is -0.160. The molecule has 0 atom stereocenters. The first kappa shape index (κ1) is 17.8. The van der Waals surface area contributed by atoms with E-state index >= 15 is 0 Å². The minimum Gasteiger partial charge on any atom is -0.380 e. The second-order valence-electron chi connectivity index (χ2n) is 4.80. The summed E-state index contributed by atoms with van der Waals surface area (Å²) in [6.07, 6.45) is 0.350. The summed E-state index contributed by atoms with van der Waals surface area (Å²) in [5.74, 6) is 0. The van der Waals surface area contributed by atoms with Crippen LogP contribution in [0.4, 0.5) is 0 Å². The van der Waals surface area contributed by atoms with Crippen LogP contribution in [0.5, 0.6) is 0 Å². The molecule has 0 aromatic rings. The number of ether oxygens (including phenoxy) is 2. The van der Waals surface area contributed by atoms with E-state index in [0.29, 0.717) is 6.10 Å². The number of hydrogen-bond acceptors (Lipinski definition) is 4. The van der Waals surface area contributed by atoms with Gasteiger partial charge in [0.25, 0.3) is 0 Å². The Bertz CT molecular complexity index is 181. The summed E-state index contributed by atoms with van der Waals surface area (Å²) in [5, 5.41) is 0. The molecule has 1 saturated heterocycles. The van der Waals surface area contributed by atoms with Crippen LogP contribution in [-0.4, -0.2) is 75.0 Å². The third-order valence-corrected chi connectivity index (χ3v) is 3.08. The molecule has 0 spiro atoms. The van der Waals surface area contributed by atoms with E-state index in [1.807, 2.05) is 6.92 Å². The van der Waals surface area contributed by atoms with Crippen LogP contribution in [0.25, 0.3) is 0 Å². The Balaban J connectivity index is 0.00000289. The largest absolute Gasteiger partial charge is 0.380 e. The van der Waals surface area contributed by atoms with Crippen molar-refractivity contribution in [3.63, 3.8) is 0 Å². The van der Waals surface area contributed by atoms with E-state index in [0.717, 1.165) is 59.1 Å². The minimum absolute atomic E-state index is 0. The summed E-state index contributed by atoms with van der Waals surface area (Å²) in [5.41, 5.74) is 0. The second-order valence-corrected chi connectivity index (χ2v) is 4.80. The molecule has 1 rings (SSSR count). The van der Waals surface area contributed by atoms with Crippen molar-refractivity contribution in [1.29, 1.82) is 0 Å². The number of nitrogens with zero attached hydrogens (tertiary/aromatic N) is 2. The van der Waals surface area contributed by atoms with Gasteiger partial charge in [-0.3, -0.25) is 9.80 Å². The van der Waals surface area contributed by atoms with Crippen LogP contribution in [0.1, 0.15) is 28.2 Å².